The quantitative estimate of drug-likeness (QED) is 0.460. The highest BCUT2D eigenvalue weighted by atomic mass is 79.9. The van der Waals surface area contributed by atoms with E-state index in [2.05, 4.69) is 54.4 Å². The van der Waals surface area contributed by atoms with Crippen LogP contribution in [-0.2, 0) is 0 Å². The zero-order valence-electron chi connectivity index (χ0n) is 12.7. The molecule has 108 valence electrons. The molecule has 1 aromatic heterocycles. The predicted molar refractivity (Wildman–Crippen MR) is 100 cm³/mol. The lowest BCUT2D eigenvalue weighted by Crippen LogP contribution is -2.14. The van der Waals surface area contributed by atoms with Crippen LogP contribution in [0.2, 0.25) is 4.55 Å². The Bertz CT molecular complexity index is 705. The molecule has 0 saturated heterocycles. The van der Waals surface area contributed by atoms with Gasteiger partial charge in [0.25, 0.3) is 0 Å². The van der Waals surface area contributed by atoms with Crippen LogP contribution in [0.4, 0.5) is 0 Å². The molecule has 21 heavy (non-hydrogen) atoms. The van der Waals surface area contributed by atoms with Crippen LogP contribution in [0.15, 0.2) is 42.5 Å². The number of fused-ring (bicyclic) bond motifs is 3. The lowest BCUT2D eigenvalue weighted by Gasteiger charge is -2.02. The van der Waals surface area contributed by atoms with Crippen molar-refractivity contribution in [3.05, 3.63) is 42.5 Å². The van der Waals surface area contributed by atoms with E-state index in [4.69, 9.17) is 0 Å². The largest absolute Gasteiger partial charge is 0.412 e. The second-order valence-electron chi connectivity index (χ2n) is 5.67. The summed E-state index contributed by atoms with van der Waals surface area (Å²) in [6.45, 7) is 2.28. The Balaban J connectivity index is 0.00000161. The second-order valence-corrected chi connectivity index (χ2v) is 7.64. The molecule has 0 atom stereocenters. The number of para-hydroxylation sites is 2. The molecular weight excluding hydrogens is 334 g/mol. The molecule has 0 aliphatic carbocycles. The molecule has 3 rings (SSSR count). The monoisotopic (exact) mass is 355 g/mol. The maximum absolute atomic E-state index is 3.63. The van der Waals surface area contributed by atoms with Gasteiger partial charge < -0.3 is 4.98 Å². The van der Waals surface area contributed by atoms with Crippen molar-refractivity contribution in [1.82, 2.24) is 4.98 Å². The fourth-order valence-electron chi connectivity index (χ4n) is 3.06. The highest BCUT2D eigenvalue weighted by Crippen LogP contribution is 2.23. The van der Waals surface area contributed by atoms with Crippen molar-refractivity contribution in [2.45, 2.75) is 37.2 Å². The molecule has 2 aromatic carbocycles. The number of nitrogens with one attached hydrogen (secondary N) is 1. The van der Waals surface area contributed by atoms with E-state index < -0.39 is 0 Å². The predicted octanol–water partition coefficient (Wildman–Crippen LogP) is 5.23. The number of H-pyrrole nitrogens is 1. The Kier molecular flexibility index (Phi) is 6.58. The molecule has 0 spiro atoms. The van der Waals surface area contributed by atoms with Crippen molar-refractivity contribution < 1.29 is 0 Å². The smallest absolute Gasteiger partial charge is 0.356 e. The van der Waals surface area contributed by atoms with Gasteiger partial charge in [-0.1, -0.05) is 69.0 Å². The molecular formula is C18H22BrMgN. The molecule has 3 heteroatoms. The number of benzene rings is 2. The van der Waals surface area contributed by atoms with Gasteiger partial charge in [-0.15, -0.1) is 21.5 Å². The van der Waals surface area contributed by atoms with Crippen molar-refractivity contribution in [3.63, 3.8) is 0 Å². The van der Waals surface area contributed by atoms with Crippen LogP contribution in [0.3, 0.4) is 0 Å². The van der Waals surface area contributed by atoms with E-state index in [1.54, 1.807) is 3.69 Å². The molecule has 1 nitrogen and oxygen atoms in total. The summed E-state index contributed by atoms with van der Waals surface area (Å²) in [5.74, 6) is 0. The summed E-state index contributed by atoms with van der Waals surface area (Å²) >= 11 is -0.138. The third-order valence-corrected chi connectivity index (χ3v) is 6.16. The third kappa shape index (κ3) is 3.82. The summed E-state index contributed by atoms with van der Waals surface area (Å²) in [5, 5.41) is 2.77. The van der Waals surface area contributed by atoms with Crippen LogP contribution < -0.4 is 3.69 Å². The van der Waals surface area contributed by atoms with E-state index in [1.807, 2.05) is 0 Å². The minimum absolute atomic E-state index is 0. The minimum Gasteiger partial charge on any atom is -0.356 e. The van der Waals surface area contributed by atoms with Gasteiger partial charge in [-0.05, 0) is 6.07 Å². The van der Waals surface area contributed by atoms with Gasteiger partial charge >= 0.3 is 20.4 Å². The first kappa shape index (κ1) is 16.8. The summed E-state index contributed by atoms with van der Waals surface area (Å²) in [7, 11) is 0. The molecule has 0 fully saturated rings. The van der Waals surface area contributed by atoms with Gasteiger partial charge in [-0.3, -0.25) is 0 Å². The molecule has 0 aliphatic heterocycles. The summed E-state index contributed by atoms with van der Waals surface area (Å²) in [6, 6.07) is 15.5. The van der Waals surface area contributed by atoms with Crippen molar-refractivity contribution >= 4 is 62.8 Å². The third-order valence-electron chi connectivity index (χ3n) is 4.18. The first-order valence-electron chi connectivity index (χ1n) is 7.88. The van der Waals surface area contributed by atoms with Gasteiger partial charge in [0.05, 0.1) is 0 Å². The molecule has 1 N–H and O–H groups in total. The van der Waals surface area contributed by atoms with Gasteiger partial charge in [0, 0.05) is 21.8 Å². The Labute approximate surface area is 147 Å². The van der Waals surface area contributed by atoms with Gasteiger partial charge in [-0.25, -0.2) is 0 Å². The molecule has 0 bridgehead atoms. The van der Waals surface area contributed by atoms with Crippen molar-refractivity contribution in [3.8, 4) is 0 Å². The molecule has 0 unspecified atom stereocenters. The number of rotatable bonds is 6. The summed E-state index contributed by atoms with van der Waals surface area (Å²) in [6.07, 6.45) is 5.55. The maximum Gasteiger partial charge on any atom is 0.412 e. The van der Waals surface area contributed by atoms with Crippen LogP contribution in [-0.4, -0.2) is 25.3 Å². The van der Waals surface area contributed by atoms with E-state index in [-0.39, 0.29) is 37.3 Å². The lowest BCUT2D eigenvalue weighted by molar-refractivity contribution is 0.701. The van der Waals surface area contributed by atoms with Crippen molar-refractivity contribution in [1.29, 1.82) is 0 Å². The Morgan fingerprint density at radius 1 is 0.905 bits per heavy atom. The van der Waals surface area contributed by atoms with Gasteiger partial charge in [0.2, 0.25) is 0 Å². The Morgan fingerprint density at radius 2 is 1.71 bits per heavy atom. The number of halogens is 1. The Morgan fingerprint density at radius 3 is 2.57 bits per heavy atom. The van der Waals surface area contributed by atoms with Crippen LogP contribution in [0.1, 0.15) is 32.6 Å². The van der Waals surface area contributed by atoms with Gasteiger partial charge in [-0.2, -0.15) is 3.69 Å². The van der Waals surface area contributed by atoms with E-state index in [9.17, 15) is 0 Å². The average molecular weight is 357 g/mol. The minimum atomic E-state index is -0.138. The molecule has 3 aromatic rings. The normalized spacial score (nSPS) is 10.5. The van der Waals surface area contributed by atoms with Crippen LogP contribution >= 0.6 is 17.0 Å². The van der Waals surface area contributed by atoms with E-state index >= 15 is 0 Å². The van der Waals surface area contributed by atoms with E-state index in [0.717, 1.165) is 0 Å². The highest BCUT2D eigenvalue weighted by molar-refractivity contribution is 8.93. The van der Waals surface area contributed by atoms with Crippen LogP contribution in [0.5, 0.6) is 0 Å². The summed E-state index contributed by atoms with van der Waals surface area (Å²) < 4.78 is 3.05. The summed E-state index contributed by atoms with van der Waals surface area (Å²) in [4.78, 5) is 3.63. The Hall–Kier alpha value is -0.514. The van der Waals surface area contributed by atoms with Crippen molar-refractivity contribution in [2.75, 3.05) is 0 Å². The van der Waals surface area contributed by atoms with Crippen molar-refractivity contribution in [2.24, 2.45) is 0 Å². The highest BCUT2D eigenvalue weighted by Gasteiger charge is 2.08. The van der Waals surface area contributed by atoms with Crippen LogP contribution in [0, 0.1) is 0 Å². The first-order chi connectivity index (χ1) is 9.90. The molecule has 0 radical (unpaired) electrons. The topological polar surface area (TPSA) is 15.8 Å². The number of hydrogen-bond donors (Lipinski definition) is 1. The fourth-order valence-corrected chi connectivity index (χ4v) is 4.88. The maximum atomic E-state index is 3.63. The second kappa shape index (κ2) is 8.21. The SMILES string of the molecule is Br.CCCCC[CH2][Mg][c]1cccc2c1[nH]c1ccccc12. The lowest BCUT2D eigenvalue weighted by atomic mass is 10.1. The molecule has 0 saturated carbocycles. The fraction of sp³-hybridized carbons (Fsp3) is 0.333. The van der Waals surface area contributed by atoms with Crippen LogP contribution in [0.25, 0.3) is 21.8 Å². The zero-order valence-corrected chi connectivity index (χ0v) is 15.8. The zero-order chi connectivity index (χ0) is 13.8. The summed E-state index contributed by atoms with van der Waals surface area (Å²) in [5.41, 5.74) is 2.67. The molecule has 0 amide bonds. The first-order valence-corrected chi connectivity index (χ1v) is 9.59. The average Bonchev–Trinajstić information content (AvgIpc) is 2.87. The molecule has 0 aliphatic rings. The van der Waals surface area contributed by atoms with Gasteiger partial charge in [0.1, 0.15) is 0 Å². The molecule has 1 heterocycles. The standard InChI is InChI=1S/C12H8N.C6H13.BrH.Mg/c1-3-7-11-9(5-1)10-6-2-4-8-12(10)13-11;1-3-5-6-4-2;;/h1-7,13H;1,3-6H2,2H3;1H;. The number of unbranched alkanes of at least 4 members (excludes halogenated alkanes) is 3. The van der Waals surface area contributed by atoms with E-state index in [1.165, 1.54) is 52.0 Å². The number of aromatic amines is 1. The van der Waals surface area contributed by atoms with E-state index in [0.29, 0.717) is 0 Å². The number of hydrogen-bond acceptors (Lipinski definition) is 0. The van der Waals surface area contributed by atoms with Gasteiger partial charge in [0.15, 0.2) is 0 Å². The number of aromatic nitrogens is 1.